The number of benzene rings is 1. The van der Waals surface area contributed by atoms with E-state index < -0.39 is 17.7 Å². The van der Waals surface area contributed by atoms with Crippen LogP contribution in [-0.2, 0) is 0 Å². The molecule has 0 radical (unpaired) electrons. The molecule has 0 bridgehead atoms. The summed E-state index contributed by atoms with van der Waals surface area (Å²) in [7, 11) is 0. The van der Waals surface area contributed by atoms with Crippen molar-refractivity contribution in [1.82, 2.24) is 0 Å². The summed E-state index contributed by atoms with van der Waals surface area (Å²) in [6.45, 7) is -1.11. The summed E-state index contributed by atoms with van der Waals surface area (Å²) in [5, 5.41) is 19.7. The van der Waals surface area contributed by atoms with Crippen molar-refractivity contribution < 1.29 is 14.4 Å². The van der Waals surface area contributed by atoms with Gasteiger partial charge in [0.25, 0.3) is 5.69 Å². The smallest absolute Gasteiger partial charge is 0.276 e. The van der Waals surface area contributed by atoms with Crippen LogP contribution in [0.1, 0.15) is 11.7 Å². The molecule has 0 heterocycles. The van der Waals surface area contributed by atoms with Crippen molar-refractivity contribution in [2.24, 2.45) is 0 Å². The van der Waals surface area contributed by atoms with Crippen LogP contribution in [0, 0.1) is 10.1 Å². The molecule has 14 heavy (non-hydrogen) atoms. The Morgan fingerprint density at radius 2 is 2.29 bits per heavy atom. The van der Waals surface area contributed by atoms with Gasteiger partial charge in [0.05, 0.1) is 15.5 Å². The molecular weight excluding hydrogens is 213 g/mol. The Morgan fingerprint density at radius 1 is 1.64 bits per heavy atom. The summed E-state index contributed by atoms with van der Waals surface area (Å²) in [6.07, 6.45) is -1.55. The van der Waals surface area contributed by atoms with Crippen LogP contribution < -0.4 is 0 Å². The van der Waals surface area contributed by atoms with Crippen LogP contribution in [0.5, 0.6) is 0 Å². The van der Waals surface area contributed by atoms with E-state index in [0.29, 0.717) is 0 Å². The van der Waals surface area contributed by atoms with Gasteiger partial charge in [0.1, 0.15) is 12.8 Å². The molecule has 0 aliphatic rings. The predicted molar refractivity (Wildman–Crippen MR) is 49.0 cm³/mol. The summed E-state index contributed by atoms with van der Waals surface area (Å²) < 4.78 is 12.2. The lowest BCUT2D eigenvalue weighted by Gasteiger charge is -2.08. The van der Waals surface area contributed by atoms with E-state index in [4.69, 9.17) is 11.6 Å². The number of alkyl halides is 1. The van der Waals surface area contributed by atoms with Gasteiger partial charge in [-0.1, -0.05) is 17.7 Å². The van der Waals surface area contributed by atoms with Crippen molar-refractivity contribution in [3.63, 3.8) is 0 Å². The molecule has 1 rings (SSSR count). The van der Waals surface area contributed by atoms with Gasteiger partial charge in [-0.25, -0.2) is 4.39 Å². The molecule has 6 heteroatoms. The maximum atomic E-state index is 12.2. The third-order valence-electron chi connectivity index (χ3n) is 1.71. The van der Waals surface area contributed by atoms with E-state index >= 15 is 0 Å². The van der Waals surface area contributed by atoms with Gasteiger partial charge in [0.15, 0.2) is 0 Å². The Bertz CT molecular complexity index is 358. The molecule has 0 spiro atoms. The summed E-state index contributed by atoms with van der Waals surface area (Å²) in [4.78, 5) is 9.80. The summed E-state index contributed by atoms with van der Waals surface area (Å²) in [5.41, 5.74) is -0.552. The Kier molecular flexibility index (Phi) is 3.38. The molecule has 0 saturated carbocycles. The van der Waals surface area contributed by atoms with E-state index in [1.54, 1.807) is 0 Å². The second-order valence-electron chi connectivity index (χ2n) is 2.60. The van der Waals surface area contributed by atoms with Gasteiger partial charge in [0, 0.05) is 6.07 Å². The largest absolute Gasteiger partial charge is 0.385 e. The minimum atomic E-state index is -1.55. The zero-order valence-electron chi connectivity index (χ0n) is 6.98. The number of nitro groups is 1. The molecule has 76 valence electrons. The molecule has 1 aromatic rings. The number of halogens is 2. The molecule has 1 unspecified atom stereocenters. The molecule has 4 nitrogen and oxygen atoms in total. The number of nitrogens with zero attached hydrogens (tertiary/aromatic N) is 1. The molecule has 0 amide bonds. The highest BCUT2D eigenvalue weighted by Gasteiger charge is 2.22. The first kappa shape index (κ1) is 10.9. The molecule has 1 N–H and O–H groups in total. The first-order chi connectivity index (χ1) is 6.57. The van der Waals surface area contributed by atoms with Crippen LogP contribution >= 0.6 is 11.6 Å². The summed E-state index contributed by atoms with van der Waals surface area (Å²) >= 11 is 5.62. The number of rotatable bonds is 3. The summed E-state index contributed by atoms with van der Waals surface area (Å²) in [6, 6.07) is 3.90. The lowest BCUT2D eigenvalue weighted by Crippen LogP contribution is -2.04. The number of nitro benzene ring substituents is 1. The van der Waals surface area contributed by atoms with Crippen LogP contribution in [-0.4, -0.2) is 16.7 Å². The monoisotopic (exact) mass is 219 g/mol. The zero-order valence-corrected chi connectivity index (χ0v) is 7.74. The predicted octanol–water partition coefficient (Wildman–Crippen LogP) is 2.25. The Morgan fingerprint density at radius 3 is 2.79 bits per heavy atom. The molecule has 1 atom stereocenters. The SMILES string of the molecule is O=[N+]([O-])c1cccc(Cl)c1C(O)CF. The van der Waals surface area contributed by atoms with Crippen molar-refractivity contribution in [3.8, 4) is 0 Å². The van der Waals surface area contributed by atoms with E-state index in [1.165, 1.54) is 18.2 Å². The number of hydrogen-bond donors (Lipinski definition) is 1. The van der Waals surface area contributed by atoms with Gasteiger partial charge in [0.2, 0.25) is 0 Å². The average molecular weight is 220 g/mol. The van der Waals surface area contributed by atoms with Gasteiger partial charge in [-0.05, 0) is 6.07 Å². The zero-order chi connectivity index (χ0) is 10.7. The average Bonchev–Trinajstić information content (AvgIpc) is 2.16. The fourth-order valence-electron chi connectivity index (χ4n) is 1.09. The normalized spacial score (nSPS) is 12.5. The van der Waals surface area contributed by atoms with Crippen molar-refractivity contribution in [1.29, 1.82) is 0 Å². The quantitative estimate of drug-likeness (QED) is 0.626. The third kappa shape index (κ3) is 2.00. The van der Waals surface area contributed by atoms with E-state index in [2.05, 4.69) is 0 Å². The third-order valence-corrected chi connectivity index (χ3v) is 2.04. The lowest BCUT2D eigenvalue weighted by atomic mass is 10.1. The highest BCUT2D eigenvalue weighted by atomic mass is 35.5. The minimum absolute atomic E-state index is 0.00986. The fraction of sp³-hybridized carbons (Fsp3) is 0.250. The van der Waals surface area contributed by atoms with Crippen LogP contribution in [0.25, 0.3) is 0 Å². The number of hydrogen-bond acceptors (Lipinski definition) is 3. The minimum Gasteiger partial charge on any atom is -0.385 e. The highest BCUT2D eigenvalue weighted by molar-refractivity contribution is 6.31. The van der Waals surface area contributed by atoms with E-state index in [9.17, 15) is 19.6 Å². The highest BCUT2D eigenvalue weighted by Crippen LogP contribution is 2.31. The van der Waals surface area contributed by atoms with Gasteiger partial charge in [-0.2, -0.15) is 0 Å². The van der Waals surface area contributed by atoms with Crippen LogP contribution in [0.3, 0.4) is 0 Å². The van der Waals surface area contributed by atoms with Crippen molar-refractivity contribution in [3.05, 3.63) is 38.9 Å². The van der Waals surface area contributed by atoms with Crippen molar-refractivity contribution in [2.45, 2.75) is 6.10 Å². The first-order valence-corrected chi connectivity index (χ1v) is 4.12. The van der Waals surface area contributed by atoms with Gasteiger partial charge >= 0.3 is 0 Å². The molecule has 0 fully saturated rings. The summed E-state index contributed by atoms with van der Waals surface area (Å²) in [5.74, 6) is 0. The molecule has 0 aromatic heterocycles. The number of aliphatic hydroxyl groups excluding tert-OH is 1. The number of aliphatic hydroxyl groups is 1. The van der Waals surface area contributed by atoms with Crippen LogP contribution in [0.4, 0.5) is 10.1 Å². The second kappa shape index (κ2) is 4.34. The Hall–Kier alpha value is -1.20. The maximum Gasteiger partial charge on any atom is 0.276 e. The van der Waals surface area contributed by atoms with Crippen LogP contribution in [0.2, 0.25) is 5.02 Å². The van der Waals surface area contributed by atoms with Gasteiger partial charge < -0.3 is 5.11 Å². The standard InChI is InChI=1S/C8H7ClFNO3/c9-5-2-1-3-6(11(13)14)8(5)7(12)4-10/h1-3,7,12H,4H2. The molecule has 1 aromatic carbocycles. The van der Waals surface area contributed by atoms with Gasteiger partial charge in [-0.15, -0.1) is 0 Å². The molecule has 0 aliphatic heterocycles. The van der Waals surface area contributed by atoms with E-state index in [0.717, 1.165) is 0 Å². The van der Waals surface area contributed by atoms with E-state index in [1.807, 2.05) is 0 Å². The van der Waals surface area contributed by atoms with Crippen molar-refractivity contribution in [2.75, 3.05) is 6.67 Å². The molecule has 0 saturated heterocycles. The molecular formula is C8H7ClFNO3. The maximum absolute atomic E-state index is 12.2. The van der Waals surface area contributed by atoms with Crippen molar-refractivity contribution >= 4 is 17.3 Å². The first-order valence-electron chi connectivity index (χ1n) is 3.74. The Balaban J connectivity index is 3.29. The topological polar surface area (TPSA) is 63.4 Å². The van der Waals surface area contributed by atoms with Gasteiger partial charge in [-0.3, -0.25) is 10.1 Å². The van der Waals surface area contributed by atoms with Crippen LogP contribution in [0.15, 0.2) is 18.2 Å². The van der Waals surface area contributed by atoms with E-state index in [-0.39, 0.29) is 16.3 Å². The molecule has 0 aliphatic carbocycles. The Labute approximate surface area is 84.1 Å². The lowest BCUT2D eigenvalue weighted by molar-refractivity contribution is -0.386. The second-order valence-corrected chi connectivity index (χ2v) is 3.01. The fourth-order valence-corrected chi connectivity index (χ4v) is 1.39.